The second-order valence-electron chi connectivity index (χ2n) is 4.59. The van der Waals surface area contributed by atoms with Crippen LogP contribution >= 0.6 is 0 Å². The number of para-hydroxylation sites is 1. The molecule has 0 bridgehead atoms. The van der Waals surface area contributed by atoms with Gasteiger partial charge in [0.05, 0.1) is 6.54 Å². The van der Waals surface area contributed by atoms with Gasteiger partial charge in [-0.15, -0.1) is 6.58 Å². The number of hydrogen-bond acceptors (Lipinski definition) is 3. The average Bonchev–Trinajstić information content (AvgIpc) is 2.46. The van der Waals surface area contributed by atoms with Crippen LogP contribution < -0.4 is 10.6 Å². The second-order valence-corrected chi connectivity index (χ2v) is 4.59. The summed E-state index contributed by atoms with van der Waals surface area (Å²) in [7, 11) is 0. The monoisotopic (exact) mass is 275 g/mol. The van der Waals surface area contributed by atoms with Crippen molar-refractivity contribution in [3.05, 3.63) is 42.5 Å². The summed E-state index contributed by atoms with van der Waals surface area (Å²) in [5, 5.41) is 5.96. The van der Waals surface area contributed by atoms with Gasteiger partial charge < -0.3 is 10.6 Å². The minimum atomic E-state index is -0.0288. The smallest absolute Gasteiger partial charge is 0.238 e. The lowest BCUT2D eigenvalue weighted by atomic mass is 10.1. The molecule has 1 rings (SSSR count). The average molecular weight is 275 g/mol. The molecule has 0 saturated heterocycles. The van der Waals surface area contributed by atoms with E-state index < -0.39 is 0 Å². The number of benzene rings is 1. The molecule has 0 aliphatic carbocycles. The van der Waals surface area contributed by atoms with Crippen LogP contribution in [0.5, 0.6) is 0 Å². The fourth-order valence-corrected chi connectivity index (χ4v) is 1.95. The van der Waals surface area contributed by atoms with Crippen LogP contribution in [0.15, 0.2) is 36.9 Å². The van der Waals surface area contributed by atoms with E-state index in [4.69, 9.17) is 0 Å². The molecule has 0 aliphatic heterocycles. The third kappa shape index (κ3) is 5.55. The van der Waals surface area contributed by atoms with Crippen molar-refractivity contribution in [1.82, 2.24) is 10.2 Å². The molecule has 0 aliphatic rings. The second kappa shape index (κ2) is 9.28. The molecular weight excluding hydrogens is 250 g/mol. The Kier molecular flexibility index (Phi) is 7.62. The zero-order valence-electron chi connectivity index (χ0n) is 12.5. The lowest BCUT2D eigenvalue weighted by Crippen LogP contribution is -2.29. The van der Waals surface area contributed by atoms with Gasteiger partial charge in [0.15, 0.2) is 0 Å². The third-order valence-corrected chi connectivity index (χ3v) is 3.15. The van der Waals surface area contributed by atoms with E-state index in [1.54, 1.807) is 6.08 Å². The topological polar surface area (TPSA) is 44.4 Å². The molecule has 0 aromatic heterocycles. The normalized spacial score (nSPS) is 10.6. The molecule has 2 N–H and O–H groups in total. The summed E-state index contributed by atoms with van der Waals surface area (Å²) < 4.78 is 0. The highest BCUT2D eigenvalue weighted by atomic mass is 16.1. The molecule has 20 heavy (non-hydrogen) atoms. The van der Waals surface area contributed by atoms with Gasteiger partial charge in [-0.05, 0) is 24.7 Å². The Morgan fingerprint density at radius 3 is 2.65 bits per heavy atom. The van der Waals surface area contributed by atoms with E-state index in [1.165, 1.54) is 0 Å². The molecule has 0 radical (unpaired) electrons. The van der Waals surface area contributed by atoms with Crippen LogP contribution in [0.25, 0.3) is 0 Å². The first-order chi connectivity index (χ1) is 9.71. The predicted molar refractivity (Wildman–Crippen MR) is 84.8 cm³/mol. The van der Waals surface area contributed by atoms with E-state index in [1.807, 2.05) is 18.2 Å². The summed E-state index contributed by atoms with van der Waals surface area (Å²) in [6.07, 6.45) is 1.74. The number of anilines is 1. The van der Waals surface area contributed by atoms with Gasteiger partial charge in [0, 0.05) is 18.8 Å². The summed E-state index contributed by atoms with van der Waals surface area (Å²) in [6.45, 7) is 11.7. The number of rotatable bonds is 9. The third-order valence-electron chi connectivity index (χ3n) is 3.15. The molecule has 0 spiro atoms. The van der Waals surface area contributed by atoms with Gasteiger partial charge in [-0.3, -0.25) is 9.69 Å². The molecule has 0 atom stereocenters. The van der Waals surface area contributed by atoms with Crippen LogP contribution in [0.2, 0.25) is 0 Å². The fraction of sp³-hybridized carbons (Fsp3) is 0.438. The van der Waals surface area contributed by atoms with Crippen LogP contribution in [0, 0.1) is 0 Å². The van der Waals surface area contributed by atoms with E-state index in [9.17, 15) is 4.79 Å². The number of amides is 1. The highest BCUT2D eigenvalue weighted by Gasteiger charge is 2.08. The highest BCUT2D eigenvalue weighted by Crippen LogP contribution is 2.17. The summed E-state index contributed by atoms with van der Waals surface area (Å²) >= 11 is 0. The van der Waals surface area contributed by atoms with Crippen molar-refractivity contribution in [3.63, 3.8) is 0 Å². The van der Waals surface area contributed by atoms with Crippen LogP contribution in [0.3, 0.4) is 0 Å². The predicted octanol–water partition coefficient (Wildman–Crippen LogP) is 2.24. The maximum absolute atomic E-state index is 11.8. The van der Waals surface area contributed by atoms with Crippen molar-refractivity contribution < 1.29 is 4.79 Å². The molecule has 0 fully saturated rings. The molecule has 1 aromatic carbocycles. The first-order valence-corrected chi connectivity index (χ1v) is 7.13. The van der Waals surface area contributed by atoms with Crippen molar-refractivity contribution in [2.24, 2.45) is 0 Å². The minimum Gasteiger partial charge on any atom is -0.325 e. The van der Waals surface area contributed by atoms with E-state index in [2.05, 4.69) is 42.0 Å². The Morgan fingerprint density at radius 1 is 1.30 bits per heavy atom. The van der Waals surface area contributed by atoms with Gasteiger partial charge in [0.2, 0.25) is 5.91 Å². The molecule has 0 heterocycles. The molecule has 0 saturated carbocycles. The van der Waals surface area contributed by atoms with Crippen LogP contribution in [0.1, 0.15) is 19.4 Å². The molecule has 4 heteroatoms. The summed E-state index contributed by atoms with van der Waals surface area (Å²) in [4.78, 5) is 14.2. The summed E-state index contributed by atoms with van der Waals surface area (Å²) in [5.74, 6) is -0.0288. The SMILES string of the molecule is C=CCNCC(=O)Nc1ccccc1CN(CC)CC. The molecule has 4 nitrogen and oxygen atoms in total. The number of carbonyl (C=O) groups is 1. The number of nitrogens with one attached hydrogen (secondary N) is 2. The Labute approximate surface area is 121 Å². The van der Waals surface area contributed by atoms with Crippen LogP contribution in [-0.2, 0) is 11.3 Å². The number of hydrogen-bond donors (Lipinski definition) is 2. The van der Waals surface area contributed by atoms with Gasteiger partial charge in [-0.25, -0.2) is 0 Å². The summed E-state index contributed by atoms with van der Waals surface area (Å²) in [5.41, 5.74) is 2.04. The Hall–Kier alpha value is -1.65. The first kappa shape index (κ1) is 16.4. The highest BCUT2D eigenvalue weighted by molar-refractivity contribution is 5.92. The van der Waals surface area contributed by atoms with Crippen molar-refractivity contribution in [1.29, 1.82) is 0 Å². The zero-order valence-corrected chi connectivity index (χ0v) is 12.5. The Balaban J connectivity index is 2.65. The standard InChI is InChI=1S/C16H25N3O/c1-4-11-17-12-16(20)18-15-10-8-7-9-14(15)13-19(5-2)6-3/h4,7-10,17H,1,5-6,11-13H2,2-3H3,(H,18,20). The van der Waals surface area contributed by atoms with E-state index in [0.717, 1.165) is 30.9 Å². The maximum Gasteiger partial charge on any atom is 0.238 e. The minimum absolute atomic E-state index is 0.0288. The van der Waals surface area contributed by atoms with Crippen molar-refractivity contribution in [3.8, 4) is 0 Å². The van der Waals surface area contributed by atoms with Gasteiger partial charge in [-0.1, -0.05) is 38.1 Å². The molecule has 1 aromatic rings. The maximum atomic E-state index is 11.8. The van der Waals surface area contributed by atoms with E-state index in [0.29, 0.717) is 13.1 Å². The van der Waals surface area contributed by atoms with E-state index >= 15 is 0 Å². The van der Waals surface area contributed by atoms with Crippen molar-refractivity contribution >= 4 is 11.6 Å². The van der Waals surface area contributed by atoms with Crippen LogP contribution in [-0.4, -0.2) is 37.0 Å². The molecular formula is C16H25N3O. The Morgan fingerprint density at radius 2 is 2.00 bits per heavy atom. The molecule has 1 amide bonds. The number of nitrogens with zero attached hydrogens (tertiary/aromatic N) is 1. The lowest BCUT2D eigenvalue weighted by molar-refractivity contribution is -0.115. The Bertz CT molecular complexity index is 427. The van der Waals surface area contributed by atoms with Crippen molar-refractivity contribution in [2.75, 3.05) is 31.5 Å². The van der Waals surface area contributed by atoms with Gasteiger partial charge in [0.25, 0.3) is 0 Å². The van der Waals surface area contributed by atoms with Gasteiger partial charge in [-0.2, -0.15) is 0 Å². The van der Waals surface area contributed by atoms with Crippen LogP contribution in [0.4, 0.5) is 5.69 Å². The van der Waals surface area contributed by atoms with Gasteiger partial charge in [0.1, 0.15) is 0 Å². The van der Waals surface area contributed by atoms with E-state index in [-0.39, 0.29) is 5.91 Å². The lowest BCUT2D eigenvalue weighted by Gasteiger charge is -2.20. The molecule has 0 unspecified atom stereocenters. The van der Waals surface area contributed by atoms with Crippen molar-refractivity contribution in [2.45, 2.75) is 20.4 Å². The number of carbonyl (C=O) groups excluding carboxylic acids is 1. The largest absolute Gasteiger partial charge is 0.325 e. The molecule has 110 valence electrons. The zero-order chi connectivity index (χ0) is 14.8. The quantitative estimate of drug-likeness (QED) is 0.536. The first-order valence-electron chi connectivity index (χ1n) is 7.13. The fourth-order valence-electron chi connectivity index (χ4n) is 1.95. The van der Waals surface area contributed by atoms with Gasteiger partial charge >= 0.3 is 0 Å². The summed E-state index contributed by atoms with van der Waals surface area (Å²) in [6, 6.07) is 7.96.